The summed E-state index contributed by atoms with van der Waals surface area (Å²) in [6, 6.07) is 7.05. The molecule has 6 bridgehead atoms. The fourth-order valence-corrected chi connectivity index (χ4v) is 11.1. The number of nitrogens with zero attached hydrogens (tertiary/aromatic N) is 3. The van der Waals surface area contributed by atoms with Gasteiger partial charge in [-0.25, -0.2) is 9.59 Å². The van der Waals surface area contributed by atoms with E-state index >= 15 is 0 Å². The first kappa shape index (κ1) is 57.2. The van der Waals surface area contributed by atoms with Crippen LogP contribution < -0.4 is 20.3 Å². The number of nitrogens with one attached hydrogen (secondary N) is 2. The van der Waals surface area contributed by atoms with Crippen LogP contribution in [0.5, 0.6) is 5.75 Å². The van der Waals surface area contributed by atoms with Gasteiger partial charge in [0.25, 0.3) is 0 Å². The van der Waals surface area contributed by atoms with E-state index in [1.165, 1.54) is 51.1 Å². The number of aldehydes is 2. The number of halogens is 1. The molecule has 0 aromatic heterocycles. The zero-order chi connectivity index (χ0) is 54.3. The highest BCUT2D eigenvalue weighted by molar-refractivity contribution is 8.00. The number of anilines is 1. The number of imide groups is 1. The second-order valence-electron chi connectivity index (χ2n) is 19.4. The van der Waals surface area contributed by atoms with Gasteiger partial charge < -0.3 is 43.9 Å². The van der Waals surface area contributed by atoms with Gasteiger partial charge in [0, 0.05) is 83.3 Å². The van der Waals surface area contributed by atoms with E-state index in [-0.39, 0.29) is 73.0 Å². The summed E-state index contributed by atoms with van der Waals surface area (Å²) in [7, 11) is 5.81. The summed E-state index contributed by atoms with van der Waals surface area (Å²) in [4.78, 5) is 120. The summed E-state index contributed by atoms with van der Waals surface area (Å²) in [6.45, 7) is 6.67. The van der Waals surface area contributed by atoms with Crippen molar-refractivity contribution in [1.82, 2.24) is 20.4 Å². The number of carbonyl (C=O) groups is 9. The Morgan fingerprint density at radius 3 is 2.43 bits per heavy atom. The number of aliphatic hydroxyl groups is 1. The summed E-state index contributed by atoms with van der Waals surface area (Å²) in [6.07, 6.45) is 2.18. The number of likely N-dealkylation sites (N-methyl/N-ethyl adjacent to an activating group) is 1. The van der Waals surface area contributed by atoms with Crippen molar-refractivity contribution in [3.8, 4) is 5.75 Å². The average molecular weight is 1070 g/mol. The first-order chi connectivity index (χ1) is 35.0. The molecular weight excluding hydrogens is 1000 g/mol. The molecule has 0 radical (unpaired) electrons. The molecule has 8 atom stereocenters. The smallest absolute Gasteiger partial charge is 0.409 e. The first-order valence-corrected chi connectivity index (χ1v) is 25.5. The topological polar surface area (TPSA) is 254 Å². The normalized spacial score (nSPS) is 27.6. The highest BCUT2D eigenvalue weighted by Crippen LogP contribution is 2.50. The Bertz CT molecular complexity index is 2600. The number of benzene rings is 2. The number of carbonyl (C=O) groups excluding carboxylic acids is 9. The highest BCUT2D eigenvalue weighted by atomic mass is 35.5. The molecule has 7 rings (SSSR count). The zero-order valence-electron chi connectivity index (χ0n) is 42.7. The number of rotatable bonds is 17. The van der Waals surface area contributed by atoms with Crippen LogP contribution >= 0.6 is 23.4 Å². The van der Waals surface area contributed by atoms with Crippen molar-refractivity contribution in [1.29, 1.82) is 0 Å². The van der Waals surface area contributed by atoms with E-state index < -0.39 is 88.6 Å². The maximum absolute atomic E-state index is 14.3. The molecule has 0 saturated carbocycles. The molecule has 3 fully saturated rings. The molecule has 22 heteroatoms. The minimum atomic E-state index is -1.92. The molecule has 74 heavy (non-hydrogen) atoms. The third-order valence-corrected chi connectivity index (χ3v) is 15.6. The van der Waals surface area contributed by atoms with E-state index in [4.69, 9.17) is 35.3 Å². The van der Waals surface area contributed by atoms with E-state index in [2.05, 4.69) is 10.6 Å². The zero-order valence-corrected chi connectivity index (χ0v) is 44.3. The number of alkyl carbamates (subject to hydrolysis) is 1. The number of likely N-dealkylation sites (tertiary alicyclic amines) is 1. The van der Waals surface area contributed by atoms with Gasteiger partial charge in [-0.05, 0) is 69.9 Å². The van der Waals surface area contributed by atoms with Crippen LogP contribution in [0.4, 0.5) is 10.5 Å². The minimum Gasteiger partial charge on any atom is -0.495 e. The number of ether oxygens (including phenoxy) is 5. The van der Waals surface area contributed by atoms with Crippen LogP contribution in [0.15, 0.2) is 54.1 Å². The molecule has 2 aromatic carbocycles. The first-order valence-electron chi connectivity index (χ1n) is 24.1. The third kappa shape index (κ3) is 13.0. The maximum atomic E-state index is 14.3. The van der Waals surface area contributed by atoms with Gasteiger partial charge >= 0.3 is 12.1 Å². The number of allylic oxidation sites excluding steroid dienone is 3. The molecule has 3 N–H and O–H groups in total. The number of hydrogen-bond acceptors (Lipinski definition) is 16. The number of hydrogen-bond donors (Lipinski definition) is 3. The second-order valence-corrected chi connectivity index (χ2v) is 21.1. The van der Waals surface area contributed by atoms with Crippen LogP contribution in [0.25, 0.3) is 0 Å². The van der Waals surface area contributed by atoms with Crippen LogP contribution in [0.1, 0.15) is 98.1 Å². The number of aryl methyl sites for hydroxylation is 1. The third-order valence-electron chi connectivity index (χ3n) is 14.0. The lowest BCUT2D eigenvalue weighted by Crippen LogP contribution is -2.72. The van der Waals surface area contributed by atoms with Gasteiger partial charge in [0.2, 0.25) is 29.5 Å². The summed E-state index contributed by atoms with van der Waals surface area (Å²) in [5.74, 6) is -2.58. The molecule has 5 heterocycles. The van der Waals surface area contributed by atoms with Crippen molar-refractivity contribution in [3.05, 3.63) is 81.4 Å². The van der Waals surface area contributed by atoms with Gasteiger partial charge in [0.1, 0.15) is 46.3 Å². The molecule has 6 amide bonds. The Hall–Kier alpha value is -6.13. The molecule has 5 aliphatic heterocycles. The largest absolute Gasteiger partial charge is 0.495 e. The molecule has 3 saturated heterocycles. The minimum absolute atomic E-state index is 0.0193. The number of fused-ring (bicyclic) bond motifs is 6. The summed E-state index contributed by atoms with van der Waals surface area (Å²) < 4.78 is 29.6. The van der Waals surface area contributed by atoms with Crippen molar-refractivity contribution < 1.29 is 71.9 Å². The molecule has 0 spiro atoms. The SMILES string of the molecule is COc1cc2cc(c1Cl)N(C)C(=O)C[C@H](OC(=O)[C@H](C)N(C)C(=O)CCSC1CC(=O)N(CCNC(=O)CCc3ccc(C=O)c(C=O)c3)C1=O)C1(C)CC(C)(O1)C1CC(O)(NC(=O)O1)C(OC)/C=C/C=C(\C)C2. The molecule has 400 valence electrons. The van der Waals surface area contributed by atoms with Gasteiger partial charge in [-0.3, -0.25) is 43.8 Å². The fourth-order valence-electron chi connectivity index (χ4n) is 9.64. The summed E-state index contributed by atoms with van der Waals surface area (Å²) in [5, 5.41) is 16.5. The molecule has 2 aromatic rings. The Morgan fingerprint density at radius 1 is 1.04 bits per heavy atom. The maximum Gasteiger partial charge on any atom is 0.409 e. The van der Waals surface area contributed by atoms with Crippen LogP contribution in [0, 0.1) is 0 Å². The predicted molar refractivity (Wildman–Crippen MR) is 272 cm³/mol. The van der Waals surface area contributed by atoms with Crippen LogP contribution in [0.3, 0.4) is 0 Å². The van der Waals surface area contributed by atoms with Crippen LogP contribution in [0.2, 0.25) is 5.02 Å². The second kappa shape index (κ2) is 24.0. The van der Waals surface area contributed by atoms with Gasteiger partial charge in [0.05, 0.1) is 24.5 Å². The van der Waals surface area contributed by atoms with E-state index in [9.17, 15) is 48.3 Å². The quantitative estimate of drug-likeness (QED) is 0.114. The van der Waals surface area contributed by atoms with Gasteiger partial charge in [-0.2, -0.15) is 0 Å². The Kier molecular flexibility index (Phi) is 18.6. The Morgan fingerprint density at radius 2 is 1.76 bits per heavy atom. The van der Waals surface area contributed by atoms with Crippen molar-refractivity contribution in [2.24, 2.45) is 0 Å². The van der Waals surface area contributed by atoms with Crippen molar-refractivity contribution in [3.63, 3.8) is 0 Å². The summed E-state index contributed by atoms with van der Waals surface area (Å²) in [5.41, 5.74) is -1.38. The number of thioether (sulfide) groups is 1. The molecule has 5 aliphatic rings. The van der Waals surface area contributed by atoms with Crippen molar-refractivity contribution in [2.75, 3.05) is 52.1 Å². The Labute approximate surface area is 438 Å². The average Bonchev–Trinajstić information content (AvgIpc) is 3.62. The van der Waals surface area contributed by atoms with Crippen molar-refractivity contribution in [2.45, 2.75) is 126 Å². The van der Waals surface area contributed by atoms with Crippen molar-refractivity contribution >= 4 is 83.2 Å². The molecular formula is C52H64ClN5O15S. The Balaban J connectivity index is 1.09. The lowest BCUT2D eigenvalue weighted by molar-refractivity contribution is -0.328. The number of methoxy groups -OCH3 is 2. The molecule has 6 unspecified atom stereocenters. The number of amides is 6. The van der Waals surface area contributed by atoms with E-state index in [1.54, 1.807) is 50.3 Å². The van der Waals surface area contributed by atoms with E-state index in [0.717, 1.165) is 27.8 Å². The van der Waals surface area contributed by atoms with E-state index in [1.807, 2.05) is 13.0 Å². The standard InChI is InChI=1S/C52H64ClN5O15S/c1-30-10-9-11-39(70-8)52(68)26-41(72-49(67)55-52)51(4)29-50(3,73-51)40(25-44(63)57(6)36-22-33(20-30)23-37(69-7)46(36)53)71-48(66)31(2)56(5)43(62)16-19-74-38-24-45(64)58(47(38)65)18-17-54-42(61)15-13-32-12-14-34(27-59)35(21-32)28-60/h9-12,14,21-23,27-28,31,38-41,68H,13,15-20,24-26,29H2,1-8H3,(H,54,61)(H,55,67)/b11-9+,30-10+/t31-,38?,39?,40-,41?,50?,51?,52?/m0/s1. The highest BCUT2D eigenvalue weighted by Gasteiger charge is 2.63. The lowest BCUT2D eigenvalue weighted by Gasteiger charge is -2.59. The van der Waals surface area contributed by atoms with Crippen LogP contribution in [-0.2, 0) is 60.6 Å². The van der Waals surface area contributed by atoms with Gasteiger partial charge in [-0.1, -0.05) is 47.5 Å². The monoisotopic (exact) mass is 1070 g/mol. The number of esters is 1. The van der Waals surface area contributed by atoms with Gasteiger partial charge in [0.15, 0.2) is 18.3 Å². The molecule has 20 nitrogen and oxygen atoms in total. The fraction of sp³-hybridized carbons (Fsp3) is 0.519. The predicted octanol–water partition coefficient (Wildman–Crippen LogP) is 4.28. The molecule has 0 aliphatic carbocycles. The summed E-state index contributed by atoms with van der Waals surface area (Å²) >= 11 is 7.93. The lowest BCUT2D eigenvalue weighted by atomic mass is 9.72. The van der Waals surface area contributed by atoms with E-state index in [0.29, 0.717) is 42.4 Å². The van der Waals surface area contributed by atoms with Gasteiger partial charge in [-0.15, -0.1) is 11.8 Å². The van der Waals surface area contributed by atoms with Crippen LogP contribution in [-0.4, -0.2) is 163 Å².